The number of anilines is 1. The van der Waals surface area contributed by atoms with Crippen LogP contribution in [0.15, 0.2) is 77.7 Å². The molecule has 0 unspecified atom stereocenters. The fraction of sp³-hybridized carbons (Fsp3) is 0.200. The predicted octanol–water partition coefficient (Wildman–Crippen LogP) is 3.82. The Labute approximate surface area is 198 Å². The van der Waals surface area contributed by atoms with Gasteiger partial charge >= 0.3 is 0 Å². The van der Waals surface area contributed by atoms with E-state index < -0.39 is 10.0 Å². The SMILES string of the molecule is CCn1c(CNC(=O)c2cccc(S(=O)(=O)N(C)c3ccc(OC)cc3)c2)nc2ccccc21. The smallest absolute Gasteiger partial charge is 0.264 e. The van der Waals surface area contributed by atoms with Crippen molar-refractivity contribution in [2.24, 2.45) is 0 Å². The van der Waals surface area contributed by atoms with Crippen molar-refractivity contribution in [3.63, 3.8) is 0 Å². The minimum absolute atomic E-state index is 0.0271. The zero-order valence-corrected chi connectivity index (χ0v) is 20.0. The van der Waals surface area contributed by atoms with E-state index in [1.807, 2.05) is 35.8 Å². The third-order valence-electron chi connectivity index (χ3n) is 5.65. The summed E-state index contributed by atoms with van der Waals surface area (Å²) in [6.07, 6.45) is 0. The highest BCUT2D eigenvalue weighted by Gasteiger charge is 2.23. The lowest BCUT2D eigenvalue weighted by molar-refractivity contribution is 0.0949. The molecular weight excluding hydrogens is 452 g/mol. The van der Waals surface area contributed by atoms with Crippen molar-refractivity contribution in [3.8, 4) is 5.75 Å². The number of amides is 1. The van der Waals surface area contributed by atoms with E-state index in [2.05, 4.69) is 10.3 Å². The van der Waals surface area contributed by atoms with Crippen LogP contribution in [0.2, 0.25) is 0 Å². The van der Waals surface area contributed by atoms with E-state index in [0.717, 1.165) is 23.4 Å². The van der Waals surface area contributed by atoms with Crippen LogP contribution in [0.5, 0.6) is 5.75 Å². The number of methoxy groups -OCH3 is 1. The maximum absolute atomic E-state index is 13.2. The second-order valence-electron chi connectivity index (χ2n) is 7.64. The number of ether oxygens (including phenoxy) is 1. The largest absolute Gasteiger partial charge is 0.497 e. The number of benzene rings is 3. The van der Waals surface area contributed by atoms with Gasteiger partial charge in [0.05, 0.1) is 35.3 Å². The standard InChI is InChI=1S/C25H26N4O4S/c1-4-29-23-11-6-5-10-22(23)27-24(29)17-26-25(30)18-8-7-9-21(16-18)34(31,32)28(2)19-12-14-20(33-3)15-13-19/h5-16H,4,17H2,1-3H3,(H,26,30). The highest BCUT2D eigenvalue weighted by molar-refractivity contribution is 7.92. The van der Waals surface area contributed by atoms with Gasteiger partial charge in [-0.05, 0) is 61.5 Å². The van der Waals surface area contributed by atoms with Gasteiger partial charge in [0.1, 0.15) is 11.6 Å². The van der Waals surface area contributed by atoms with Gasteiger partial charge in [-0.2, -0.15) is 0 Å². The number of carbonyl (C=O) groups excluding carboxylic acids is 1. The Morgan fingerprint density at radius 2 is 1.79 bits per heavy atom. The summed E-state index contributed by atoms with van der Waals surface area (Å²) in [6.45, 7) is 2.97. The van der Waals surface area contributed by atoms with Crippen LogP contribution >= 0.6 is 0 Å². The number of para-hydroxylation sites is 2. The van der Waals surface area contributed by atoms with E-state index >= 15 is 0 Å². The van der Waals surface area contributed by atoms with Gasteiger partial charge in [0.15, 0.2) is 0 Å². The summed E-state index contributed by atoms with van der Waals surface area (Å²) in [6, 6.07) is 20.5. The van der Waals surface area contributed by atoms with E-state index in [9.17, 15) is 13.2 Å². The number of sulfonamides is 1. The number of aromatic nitrogens is 2. The first-order valence-electron chi connectivity index (χ1n) is 10.8. The Kier molecular flexibility index (Phi) is 6.56. The average Bonchev–Trinajstić information content (AvgIpc) is 3.24. The molecule has 0 aliphatic carbocycles. The number of aryl methyl sites for hydroxylation is 1. The van der Waals surface area contributed by atoms with E-state index in [-0.39, 0.29) is 22.9 Å². The summed E-state index contributed by atoms with van der Waals surface area (Å²) in [5.41, 5.74) is 2.60. The van der Waals surface area contributed by atoms with Crippen molar-refractivity contribution < 1.29 is 17.9 Å². The summed E-state index contributed by atoms with van der Waals surface area (Å²) in [7, 11) is -0.850. The molecule has 0 saturated heterocycles. The number of imidazole rings is 1. The van der Waals surface area contributed by atoms with Crippen LogP contribution < -0.4 is 14.4 Å². The molecule has 4 aromatic rings. The van der Waals surface area contributed by atoms with Crippen LogP contribution in [-0.2, 0) is 23.1 Å². The number of nitrogens with zero attached hydrogens (tertiary/aromatic N) is 3. The first-order chi connectivity index (χ1) is 16.3. The van der Waals surface area contributed by atoms with Gasteiger partial charge < -0.3 is 14.6 Å². The molecule has 176 valence electrons. The van der Waals surface area contributed by atoms with E-state index in [1.165, 1.54) is 23.5 Å². The van der Waals surface area contributed by atoms with Gasteiger partial charge in [0, 0.05) is 19.2 Å². The van der Waals surface area contributed by atoms with E-state index in [4.69, 9.17) is 4.74 Å². The fourth-order valence-corrected chi connectivity index (χ4v) is 5.00. The van der Waals surface area contributed by atoms with Gasteiger partial charge in [-0.1, -0.05) is 18.2 Å². The molecule has 0 atom stereocenters. The topological polar surface area (TPSA) is 93.5 Å². The van der Waals surface area contributed by atoms with Crippen molar-refractivity contribution in [2.45, 2.75) is 24.9 Å². The predicted molar refractivity (Wildman–Crippen MR) is 132 cm³/mol. The Balaban J connectivity index is 1.53. The number of hydrogen-bond donors (Lipinski definition) is 1. The van der Waals surface area contributed by atoms with Crippen molar-refractivity contribution in [1.82, 2.24) is 14.9 Å². The van der Waals surface area contributed by atoms with Crippen molar-refractivity contribution in [2.75, 3.05) is 18.5 Å². The molecule has 1 N–H and O–H groups in total. The third-order valence-corrected chi connectivity index (χ3v) is 7.43. The number of fused-ring (bicyclic) bond motifs is 1. The van der Waals surface area contributed by atoms with Crippen molar-refractivity contribution >= 4 is 32.7 Å². The van der Waals surface area contributed by atoms with Crippen LogP contribution in [0, 0.1) is 0 Å². The van der Waals surface area contributed by atoms with Crippen LogP contribution in [0.4, 0.5) is 5.69 Å². The van der Waals surface area contributed by atoms with Crippen LogP contribution in [0.25, 0.3) is 11.0 Å². The monoisotopic (exact) mass is 478 g/mol. The van der Waals surface area contributed by atoms with E-state index in [1.54, 1.807) is 43.5 Å². The second-order valence-corrected chi connectivity index (χ2v) is 9.61. The van der Waals surface area contributed by atoms with Gasteiger partial charge in [0.2, 0.25) is 0 Å². The minimum atomic E-state index is -3.87. The molecule has 1 aromatic heterocycles. The van der Waals surface area contributed by atoms with Gasteiger partial charge in [-0.3, -0.25) is 9.10 Å². The van der Waals surface area contributed by atoms with Crippen molar-refractivity contribution in [1.29, 1.82) is 0 Å². The molecule has 9 heteroatoms. The molecule has 1 heterocycles. The summed E-state index contributed by atoms with van der Waals surface area (Å²) < 4.78 is 34.7. The lowest BCUT2D eigenvalue weighted by Crippen LogP contribution is -2.28. The lowest BCUT2D eigenvalue weighted by Gasteiger charge is -2.20. The molecule has 0 radical (unpaired) electrons. The summed E-state index contributed by atoms with van der Waals surface area (Å²) in [4.78, 5) is 17.5. The van der Waals surface area contributed by atoms with E-state index in [0.29, 0.717) is 11.4 Å². The zero-order valence-electron chi connectivity index (χ0n) is 19.2. The Bertz CT molecular complexity index is 1430. The van der Waals surface area contributed by atoms with Crippen LogP contribution in [0.3, 0.4) is 0 Å². The highest BCUT2D eigenvalue weighted by Crippen LogP contribution is 2.25. The Morgan fingerprint density at radius 3 is 2.50 bits per heavy atom. The minimum Gasteiger partial charge on any atom is -0.497 e. The number of carbonyl (C=O) groups is 1. The Hall–Kier alpha value is -3.85. The summed E-state index contributed by atoms with van der Waals surface area (Å²) in [5, 5.41) is 2.86. The number of hydrogen-bond acceptors (Lipinski definition) is 5. The molecule has 0 saturated carbocycles. The second kappa shape index (κ2) is 9.56. The average molecular weight is 479 g/mol. The third kappa shape index (κ3) is 4.47. The first-order valence-corrected chi connectivity index (χ1v) is 12.2. The molecule has 3 aromatic carbocycles. The maximum atomic E-state index is 13.2. The summed E-state index contributed by atoms with van der Waals surface area (Å²) in [5.74, 6) is 0.990. The van der Waals surface area contributed by atoms with Gasteiger partial charge in [-0.25, -0.2) is 13.4 Å². The molecule has 8 nitrogen and oxygen atoms in total. The van der Waals surface area contributed by atoms with Crippen LogP contribution in [0.1, 0.15) is 23.1 Å². The van der Waals surface area contributed by atoms with Crippen LogP contribution in [-0.4, -0.2) is 38.0 Å². The van der Waals surface area contributed by atoms with Crippen molar-refractivity contribution in [3.05, 3.63) is 84.2 Å². The lowest BCUT2D eigenvalue weighted by atomic mass is 10.2. The number of rotatable bonds is 8. The molecule has 0 aliphatic heterocycles. The molecule has 34 heavy (non-hydrogen) atoms. The number of nitrogens with one attached hydrogen (secondary N) is 1. The summed E-state index contributed by atoms with van der Waals surface area (Å²) >= 11 is 0. The maximum Gasteiger partial charge on any atom is 0.264 e. The first kappa shape index (κ1) is 23.3. The molecule has 0 fully saturated rings. The fourth-order valence-electron chi connectivity index (χ4n) is 3.76. The zero-order chi connectivity index (χ0) is 24.3. The highest BCUT2D eigenvalue weighted by atomic mass is 32.2. The molecule has 0 aliphatic rings. The quantitative estimate of drug-likeness (QED) is 0.416. The normalized spacial score (nSPS) is 11.4. The molecular formula is C25H26N4O4S. The molecule has 4 rings (SSSR count). The molecule has 0 bridgehead atoms. The Morgan fingerprint density at radius 1 is 1.06 bits per heavy atom. The van der Waals surface area contributed by atoms with Gasteiger partial charge in [0.25, 0.3) is 15.9 Å². The molecule has 0 spiro atoms. The van der Waals surface area contributed by atoms with Gasteiger partial charge in [-0.15, -0.1) is 0 Å². The molecule has 1 amide bonds.